The van der Waals surface area contributed by atoms with Gasteiger partial charge in [0.2, 0.25) is 0 Å². The fourth-order valence-corrected chi connectivity index (χ4v) is 2.01. The average Bonchev–Trinajstić information content (AvgIpc) is 2.42. The van der Waals surface area contributed by atoms with Gasteiger partial charge in [-0.15, -0.1) is 0 Å². The summed E-state index contributed by atoms with van der Waals surface area (Å²) in [4.78, 5) is 15.8. The number of carbonyl (C=O) groups is 1. The molecule has 1 aromatic heterocycles. The van der Waals surface area contributed by atoms with Gasteiger partial charge in [-0.3, -0.25) is 9.78 Å². The van der Waals surface area contributed by atoms with E-state index in [2.05, 4.69) is 10.3 Å². The lowest BCUT2D eigenvalue weighted by Crippen LogP contribution is -2.24. The number of hydrogen-bond donors (Lipinski definition) is 2. The van der Waals surface area contributed by atoms with Crippen molar-refractivity contribution in [1.82, 2.24) is 10.3 Å². The first-order valence-corrected chi connectivity index (χ1v) is 6.22. The number of nitrogens with zero attached hydrogens (tertiary/aromatic N) is 1. The number of nitrogens with two attached hydrogens (primary N) is 1. The first kappa shape index (κ1) is 14.0. The second-order valence-corrected chi connectivity index (χ2v) is 4.69. The minimum Gasteiger partial charge on any atom is -0.398 e. The van der Waals surface area contributed by atoms with Crippen molar-refractivity contribution in [3.8, 4) is 0 Å². The molecule has 104 valence electrons. The highest BCUT2D eigenvalue weighted by molar-refractivity contribution is 5.98. The zero-order chi connectivity index (χ0) is 14.7. The summed E-state index contributed by atoms with van der Waals surface area (Å²) in [5.41, 5.74) is 8.40. The van der Waals surface area contributed by atoms with Crippen molar-refractivity contribution in [3.63, 3.8) is 0 Å². The number of carbonyl (C=O) groups excluding carboxylic acids is 1. The Morgan fingerprint density at radius 2 is 2.00 bits per heavy atom. The van der Waals surface area contributed by atoms with Gasteiger partial charge in [-0.05, 0) is 36.6 Å². The number of pyridine rings is 1. The number of nitrogens with one attached hydrogen (secondary N) is 1. The van der Waals surface area contributed by atoms with Crippen LogP contribution >= 0.6 is 0 Å². The largest absolute Gasteiger partial charge is 0.398 e. The minimum atomic E-state index is -0.296. The molecule has 3 N–H and O–H groups in total. The molecule has 1 amide bonds. The summed E-state index contributed by atoms with van der Waals surface area (Å²) >= 11 is 0. The second kappa shape index (κ2) is 5.69. The molecule has 2 rings (SSSR count). The van der Waals surface area contributed by atoms with E-state index in [1.807, 2.05) is 0 Å². The van der Waals surface area contributed by atoms with Crippen LogP contribution < -0.4 is 11.1 Å². The molecule has 0 fully saturated rings. The van der Waals surface area contributed by atoms with Gasteiger partial charge in [-0.1, -0.05) is 12.1 Å². The van der Waals surface area contributed by atoms with Gasteiger partial charge >= 0.3 is 0 Å². The van der Waals surface area contributed by atoms with Crippen molar-refractivity contribution < 1.29 is 9.18 Å². The van der Waals surface area contributed by atoms with Crippen LogP contribution in [-0.2, 0) is 6.54 Å². The average molecular weight is 273 g/mol. The van der Waals surface area contributed by atoms with Crippen molar-refractivity contribution in [2.75, 3.05) is 5.73 Å². The van der Waals surface area contributed by atoms with E-state index in [0.717, 1.165) is 5.56 Å². The maximum atomic E-state index is 13.5. The molecule has 0 spiro atoms. The Bertz CT molecular complexity index is 632. The van der Waals surface area contributed by atoms with E-state index in [1.54, 1.807) is 32.0 Å². The van der Waals surface area contributed by atoms with E-state index >= 15 is 0 Å². The second-order valence-electron chi connectivity index (χ2n) is 4.69. The zero-order valence-corrected chi connectivity index (χ0v) is 11.4. The molecule has 1 aromatic carbocycles. The number of anilines is 1. The molecular weight excluding hydrogens is 257 g/mol. The van der Waals surface area contributed by atoms with E-state index in [4.69, 9.17) is 5.73 Å². The predicted molar refractivity (Wildman–Crippen MR) is 75.7 cm³/mol. The molecule has 0 aliphatic heterocycles. The van der Waals surface area contributed by atoms with Gasteiger partial charge in [0.1, 0.15) is 5.82 Å². The Morgan fingerprint density at radius 3 is 2.60 bits per heavy atom. The zero-order valence-electron chi connectivity index (χ0n) is 11.4. The quantitative estimate of drug-likeness (QED) is 0.902. The van der Waals surface area contributed by atoms with Crippen molar-refractivity contribution in [2.45, 2.75) is 20.4 Å². The minimum absolute atomic E-state index is 0.211. The molecule has 1 heterocycles. The third kappa shape index (κ3) is 2.93. The van der Waals surface area contributed by atoms with Crippen LogP contribution in [0.5, 0.6) is 0 Å². The first-order chi connectivity index (χ1) is 9.49. The lowest BCUT2D eigenvalue weighted by atomic mass is 10.1. The van der Waals surface area contributed by atoms with Gasteiger partial charge in [0.15, 0.2) is 0 Å². The standard InChI is InChI=1S/C15H16FN3O/c1-9-5-11(6-10(2)14(9)16)7-19-15(20)12-8-18-4-3-13(12)17/h3-6,8H,7H2,1-2H3,(H2,17,18)(H,19,20). The monoisotopic (exact) mass is 273 g/mol. The lowest BCUT2D eigenvalue weighted by molar-refractivity contribution is 0.0951. The molecule has 0 aliphatic rings. The summed E-state index contributed by atoms with van der Waals surface area (Å²) in [5.74, 6) is -0.508. The highest BCUT2D eigenvalue weighted by Gasteiger charge is 2.10. The Kier molecular flexibility index (Phi) is 3.98. The van der Waals surface area contributed by atoms with Crippen molar-refractivity contribution in [1.29, 1.82) is 0 Å². The Balaban J connectivity index is 2.10. The summed E-state index contributed by atoms with van der Waals surface area (Å²) < 4.78 is 13.5. The molecule has 0 atom stereocenters. The highest BCUT2D eigenvalue weighted by atomic mass is 19.1. The number of aromatic nitrogens is 1. The van der Waals surface area contributed by atoms with Crippen molar-refractivity contribution >= 4 is 11.6 Å². The maximum absolute atomic E-state index is 13.5. The lowest BCUT2D eigenvalue weighted by Gasteiger charge is -2.09. The summed E-state index contributed by atoms with van der Waals surface area (Å²) in [5, 5.41) is 2.75. The number of rotatable bonds is 3. The van der Waals surface area contributed by atoms with Crippen LogP contribution in [-0.4, -0.2) is 10.9 Å². The van der Waals surface area contributed by atoms with Gasteiger partial charge in [0, 0.05) is 24.6 Å². The van der Waals surface area contributed by atoms with E-state index in [0.29, 0.717) is 28.9 Å². The van der Waals surface area contributed by atoms with Crippen molar-refractivity contribution in [2.24, 2.45) is 0 Å². The van der Waals surface area contributed by atoms with Gasteiger partial charge < -0.3 is 11.1 Å². The molecule has 4 nitrogen and oxygen atoms in total. The fraction of sp³-hybridized carbons (Fsp3) is 0.200. The number of nitrogen functional groups attached to an aromatic ring is 1. The summed E-state index contributed by atoms with van der Waals surface area (Å²) in [7, 11) is 0. The molecule has 0 aliphatic carbocycles. The SMILES string of the molecule is Cc1cc(CNC(=O)c2cnccc2N)cc(C)c1F. The Hall–Kier alpha value is -2.43. The molecule has 5 heteroatoms. The first-order valence-electron chi connectivity index (χ1n) is 6.22. The van der Waals surface area contributed by atoms with Gasteiger partial charge in [0.05, 0.1) is 5.56 Å². The molecule has 0 radical (unpaired) electrons. The van der Waals surface area contributed by atoms with Crippen LogP contribution in [0, 0.1) is 19.7 Å². The molecule has 2 aromatic rings. The van der Waals surface area contributed by atoms with Gasteiger partial charge in [-0.25, -0.2) is 4.39 Å². The van der Waals surface area contributed by atoms with Crippen LogP contribution in [0.4, 0.5) is 10.1 Å². The van der Waals surface area contributed by atoms with Crippen LogP contribution in [0.15, 0.2) is 30.6 Å². The van der Waals surface area contributed by atoms with Crippen molar-refractivity contribution in [3.05, 3.63) is 58.7 Å². The summed E-state index contributed by atoms with van der Waals surface area (Å²) in [6.07, 6.45) is 2.95. The van der Waals surface area contributed by atoms with E-state index in [-0.39, 0.29) is 11.7 Å². The molecule has 0 unspecified atom stereocenters. The number of amides is 1. The maximum Gasteiger partial charge on any atom is 0.255 e. The molecule has 0 saturated heterocycles. The van der Waals surface area contributed by atoms with Gasteiger partial charge in [-0.2, -0.15) is 0 Å². The van der Waals surface area contributed by atoms with E-state index < -0.39 is 0 Å². The van der Waals surface area contributed by atoms with E-state index in [9.17, 15) is 9.18 Å². The fourth-order valence-electron chi connectivity index (χ4n) is 2.01. The highest BCUT2D eigenvalue weighted by Crippen LogP contribution is 2.15. The number of hydrogen-bond acceptors (Lipinski definition) is 3. The van der Waals surface area contributed by atoms with Crippen LogP contribution in [0.3, 0.4) is 0 Å². The summed E-state index contributed by atoms with van der Waals surface area (Å²) in [6, 6.07) is 5.01. The van der Waals surface area contributed by atoms with Crippen LogP contribution in [0.2, 0.25) is 0 Å². The van der Waals surface area contributed by atoms with Gasteiger partial charge in [0.25, 0.3) is 5.91 Å². The van der Waals surface area contributed by atoms with E-state index in [1.165, 1.54) is 12.4 Å². The molecule has 0 saturated carbocycles. The molecular formula is C15H16FN3O. The molecule has 20 heavy (non-hydrogen) atoms. The predicted octanol–water partition coefficient (Wildman–Crippen LogP) is 2.35. The number of aryl methyl sites for hydroxylation is 2. The smallest absolute Gasteiger partial charge is 0.255 e. The number of benzene rings is 1. The molecule has 0 bridgehead atoms. The normalized spacial score (nSPS) is 10.3. The third-order valence-corrected chi connectivity index (χ3v) is 3.05. The van der Waals surface area contributed by atoms with Crippen LogP contribution in [0.25, 0.3) is 0 Å². The summed E-state index contributed by atoms with van der Waals surface area (Å²) in [6.45, 7) is 3.72. The Morgan fingerprint density at radius 1 is 1.35 bits per heavy atom. The Labute approximate surface area is 116 Å². The third-order valence-electron chi connectivity index (χ3n) is 3.05. The van der Waals surface area contributed by atoms with Crippen LogP contribution in [0.1, 0.15) is 27.0 Å². The topological polar surface area (TPSA) is 68.0 Å². The number of halogens is 1.